The minimum atomic E-state index is -1.13. The number of likely N-dealkylation sites (tertiary alicyclic amines) is 1. The molecule has 21 heavy (non-hydrogen) atoms. The van der Waals surface area contributed by atoms with Crippen molar-refractivity contribution in [2.24, 2.45) is 0 Å². The number of aliphatic hydroxyl groups excluding tert-OH is 1. The first kappa shape index (κ1) is 15.6. The van der Waals surface area contributed by atoms with Gasteiger partial charge in [0.2, 0.25) is 0 Å². The Hall–Kier alpha value is -1.79. The zero-order chi connectivity index (χ0) is 15.6. The first-order chi connectivity index (χ1) is 9.88. The van der Waals surface area contributed by atoms with Gasteiger partial charge in [0, 0.05) is 18.0 Å². The Labute approximate surface area is 126 Å². The second kappa shape index (κ2) is 6.32. The van der Waals surface area contributed by atoms with Crippen molar-refractivity contribution >= 4 is 23.5 Å². The first-order valence-corrected chi connectivity index (χ1v) is 6.90. The maximum absolute atomic E-state index is 12.3. The van der Waals surface area contributed by atoms with Crippen LogP contribution in [0.1, 0.15) is 13.3 Å². The fourth-order valence-corrected chi connectivity index (χ4v) is 2.42. The van der Waals surface area contributed by atoms with Gasteiger partial charge in [-0.2, -0.15) is 0 Å². The number of hydrogen-bond acceptors (Lipinski definition) is 4. The van der Waals surface area contributed by atoms with Gasteiger partial charge in [0.1, 0.15) is 11.8 Å². The fraction of sp³-hybridized carbons (Fsp3) is 0.429. The van der Waals surface area contributed by atoms with Crippen LogP contribution in [-0.4, -0.2) is 51.8 Å². The lowest BCUT2D eigenvalue weighted by molar-refractivity contribution is -0.150. The quantitative estimate of drug-likeness (QED) is 0.871. The Kier molecular flexibility index (Phi) is 4.69. The summed E-state index contributed by atoms with van der Waals surface area (Å²) in [7, 11) is 0. The first-order valence-electron chi connectivity index (χ1n) is 6.52. The molecular weight excluding hydrogens is 298 g/mol. The number of carboxylic acids is 1. The number of nitrogens with zero attached hydrogens (tertiary/aromatic N) is 1. The average molecular weight is 314 g/mol. The van der Waals surface area contributed by atoms with Crippen molar-refractivity contribution in [2.75, 3.05) is 6.54 Å². The summed E-state index contributed by atoms with van der Waals surface area (Å²) in [6.45, 7) is 1.55. The van der Waals surface area contributed by atoms with Crippen LogP contribution < -0.4 is 4.74 Å². The molecule has 0 aromatic heterocycles. The molecule has 1 aromatic carbocycles. The number of carbonyl (C=O) groups excluding carboxylic acids is 1. The van der Waals surface area contributed by atoms with Gasteiger partial charge in [0.15, 0.2) is 6.10 Å². The summed E-state index contributed by atoms with van der Waals surface area (Å²) in [5.74, 6) is -1.13. The fourth-order valence-electron chi connectivity index (χ4n) is 2.29. The van der Waals surface area contributed by atoms with Crippen LogP contribution in [0.2, 0.25) is 5.02 Å². The van der Waals surface area contributed by atoms with Gasteiger partial charge in [-0.15, -0.1) is 0 Å². The van der Waals surface area contributed by atoms with Crippen LogP contribution in [0, 0.1) is 0 Å². The number of amides is 1. The third kappa shape index (κ3) is 3.65. The summed E-state index contributed by atoms with van der Waals surface area (Å²) in [6.07, 6.45) is -1.63. The summed E-state index contributed by atoms with van der Waals surface area (Å²) in [5.41, 5.74) is 0. The highest BCUT2D eigenvalue weighted by Gasteiger charge is 2.40. The summed E-state index contributed by atoms with van der Waals surface area (Å²) in [5, 5.41) is 19.2. The third-order valence-corrected chi connectivity index (χ3v) is 3.57. The molecule has 1 unspecified atom stereocenters. The Morgan fingerprint density at radius 3 is 2.57 bits per heavy atom. The van der Waals surface area contributed by atoms with Gasteiger partial charge in [0.05, 0.1) is 6.10 Å². The van der Waals surface area contributed by atoms with E-state index in [4.69, 9.17) is 21.4 Å². The Balaban J connectivity index is 2.04. The molecule has 0 bridgehead atoms. The molecular formula is C14H16ClNO5. The number of β-amino-alcohol motifs (C(OH)–C–C–N with tert-alkyl or cyclic N) is 1. The monoisotopic (exact) mass is 313 g/mol. The number of hydrogen-bond donors (Lipinski definition) is 2. The molecule has 0 radical (unpaired) electrons. The smallest absolute Gasteiger partial charge is 0.326 e. The lowest BCUT2D eigenvalue weighted by Gasteiger charge is -2.25. The highest BCUT2D eigenvalue weighted by Crippen LogP contribution is 2.22. The van der Waals surface area contributed by atoms with E-state index in [0.717, 1.165) is 4.90 Å². The summed E-state index contributed by atoms with van der Waals surface area (Å²) >= 11 is 5.76. The molecule has 1 amide bonds. The molecule has 7 heteroatoms. The van der Waals surface area contributed by atoms with Gasteiger partial charge in [-0.1, -0.05) is 11.6 Å². The van der Waals surface area contributed by atoms with Gasteiger partial charge in [-0.05, 0) is 31.2 Å². The average Bonchev–Trinajstić information content (AvgIpc) is 2.82. The molecule has 0 aliphatic carbocycles. The van der Waals surface area contributed by atoms with E-state index in [1.165, 1.54) is 0 Å². The van der Waals surface area contributed by atoms with Gasteiger partial charge < -0.3 is 19.8 Å². The highest BCUT2D eigenvalue weighted by molar-refractivity contribution is 6.30. The van der Waals surface area contributed by atoms with Gasteiger partial charge in [-0.25, -0.2) is 4.79 Å². The largest absolute Gasteiger partial charge is 0.481 e. The molecule has 2 N–H and O–H groups in total. The zero-order valence-corrected chi connectivity index (χ0v) is 12.2. The number of benzene rings is 1. The standard InChI is InChI=1S/C14H16ClNO5/c1-8(21-11-4-2-9(15)3-5-11)13(18)16-7-10(17)6-12(16)14(19)20/h2-5,8,10,12,17H,6-7H2,1H3,(H,19,20)/t8?,10-,12-/m1/s1. The molecule has 2 rings (SSSR count). The molecule has 1 aromatic rings. The Morgan fingerprint density at radius 1 is 1.38 bits per heavy atom. The zero-order valence-electron chi connectivity index (χ0n) is 11.4. The molecule has 0 spiro atoms. The third-order valence-electron chi connectivity index (χ3n) is 3.32. The predicted molar refractivity (Wildman–Crippen MR) is 75.3 cm³/mol. The SMILES string of the molecule is CC(Oc1ccc(Cl)cc1)C(=O)N1C[C@H](O)C[C@@H]1C(=O)O. The molecule has 114 valence electrons. The van der Waals surface area contributed by atoms with Gasteiger partial charge in [0.25, 0.3) is 5.91 Å². The normalized spacial score (nSPS) is 22.9. The van der Waals surface area contributed by atoms with E-state index in [2.05, 4.69) is 0 Å². The molecule has 0 saturated carbocycles. The van der Waals surface area contributed by atoms with E-state index in [9.17, 15) is 14.7 Å². The number of halogens is 1. The van der Waals surface area contributed by atoms with Crippen LogP contribution >= 0.6 is 11.6 Å². The van der Waals surface area contributed by atoms with E-state index >= 15 is 0 Å². The number of rotatable bonds is 4. The van der Waals surface area contributed by atoms with Gasteiger partial charge in [-0.3, -0.25) is 4.79 Å². The van der Waals surface area contributed by atoms with Crippen molar-refractivity contribution in [2.45, 2.75) is 31.6 Å². The topological polar surface area (TPSA) is 87.1 Å². The molecule has 3 atom stereocenters. The van der Waals surface area contributed by atoms with Crippen molar-refractivity contribution < 1.29 is 24.5 Å². The van der Waals surface area contributed by atoms with E-state index in [0.29, 0.717) is 10.8 Å². The van der Waals surface area contributed by atoms with E-state index < -0.39 is 30.1 Å². The molecule has 1 fully saturated rings. The molecule has 1 saturated heterocycles. The number of carbonyl (C=O) groups is 2. The second-order valence-corrected chi connectivity index (χ2v) is 5.38. The summed E-state index contributed by atoms with van der Waals surface area (Å²) in [6, 6.07) is 5.50. The lowest BCUT2D eigenvalue weighted by atomic mass is 10.2. The van der Waals surface area contributed by atoms with Crippen LogP contribution in [0.4, 0.5) is 0 Å². The Morgan fingerprint density at radius 2 is 2.00 bits per heavy atom. The number of ether oxygens (including phenoxy) is 1. The van der Waals surface area contributed by atoms with Crippen LogP contribution in [0.3, 0.4) is 0 Å². The van der Waals surface area contributed by atoms with E-state index in [-0.39, 0.29) is 13.0 Å². The van der Waals surface area contributed by atoms with Crippen molar-refractivity contribution in [1.29, 1.82) is 0 Å². The number of aliphatic carboxylic acids is 1. The number of carboxylic acid groups (broad SMARTS) is 1. The van der Waals surface area contributed by atoms with Crippen molar-refractivity contribution in [3.8, 4) is 5.75 Å². The van der Waals surface area contributed by atoms with E-state index in [1.54, 1.807) is 31.2 Å². The van der Waals surface area contributed by atoms with Crippen LogP contribution in [0.15, 0.2) is 24.3 Å². The van der Waals surface area contributed by atoms with Crippen LogP contribution in [0.25, 0.3) is 0 Å². The number of aliphatic hydroxyl groups is 1. The predicted octanol–water partition coefficient (Wildman–Crippen LogP) is 1.15. The molecule has 1 aliphatic heterocycles. The summed E-state index contributed by atoms with van der Waals surface area (Å²) in [4.78, 5) is 24.5. The minimum Gasteiger partial charge on any atom is -0.481 e. The van der Waals surface area contributed by atoms with Crippen molar-refractivity contribution in [1.82, 2.24) is 4.90 Å². The molecule has 1 heterocycles. The van der Waals surface area contributed by atoms with Gasteiger partial charge >= 0.3 is 5.97 Å². The molecule has 6 nitrogen and oxygen atoms in total. The second-order valence-electron chi connectivity index (χ2n) is 4.95. The Bertz CT molecular complexity index is 533. The lowest BCUT2D eigenvalue weighted by Crippen LogP contribution is -2.46. The van der Waals surface area contributed by atoms with E-state index in [1.807, 2.05) is 0 Å². The minimum absolute atomic E-state index is 0.00409. The van der Waals surface area contributed by atoms with Crippen LogP contribution in [0.5, 0.6) is 5.75 Å². The van der Waals surface area contributed by atoms with Crippen molar-refractivity contribution in [3.05, 3.63) is 29.3 Å². The highest BCUT2D eigenvalue weighted by atomic mass is 35.5. The molecule has 1 aliphatic rings. The maximum atomic E-state index is 12.3. The summed E-state index contributed by atoms with van der Waals surface area (Å²) < 4.78 is 5.48. The van der Waals surface area contributed by atoms with Crippen molar-refractivity contribution in [3.63, 3.8) is 0 Å². The van der Waals surface area contributed by atoms with Crippen LogP contribution in [-0.2, 0) is 9.59 Å². The maximum Gasteiger partial charge on any atom is 0.326 e.